The molecule has 0 spiro atoms. The van der Waals surface area contributed by atoms with E-state index < -0.39 is 10.4 Å². The third-order valence-electron chi connectivity index (χ3n) is 4.93. The fourth-order valence-electron chi connectivity index (χ4n) is 4.54. The Bertz CT molecular complexity index is 1170. The summed E-state index contributed by atoms with van der Waals surface area (Å²) in [7, 11) is -4.67. The highest BCUT2D eigenvalue weighted by Crippen LogP contribution is 2.36. The number of phenols is 2. The van der Waals surface area contributed by atoms with Crippen LogP contribution in [0.1, 0.15) is 115 Å². The van der Waals surface area contributed by atoms with Crippen LogP contribution >= 0.6 is 23.2 Å². The molecule has 0 aliphatic heterocycles. The number of phenolic OH excluding ortho intramolecular Hbond substituents is 2. The van der Waals surface area contributed by atoms with E-state index in [1.165, 1.54) is 16.7 Å². The molecule has 0 amide bonds. The molecule has 268 valence electrons. The molecule has 0 heterocycles. The Kier molecular flexibility index (Phi) is 26.7. The maximum absolute atomic E-state index is 9.25. The fraction of sp³-hybridized carbons (Fsp3) is 0.568. The summed E-state index contributed by atoms with van der Waals surface area (Å²) >= 11 is 9.53. The lowest BCUT2D eigenvalue weighted by Gasteiger charge is -2.33. The number of para-hydroxylation sites is 1. The molecule has 0 saturated heterocycles. The second-order valence-electron chi connectivity index (χ2n) is 15.3. The van der Waals surface area contributed by atoms with Gasteiger partial charge in [-0.15, -0.1) is 29.8 Å². The first-order valence-electron chi connectivity index (χ1n) is 15.0. The first-order valence-corrected chi connectivity index (χ1v) is 17.5. The zero-order chi connectivity index (χ0) is 37.6. The lowest BCUT2D eigenvalue weighted by molar-refractivity contribution is 0.284. The Labute approximate surface area is 292 Å². The van der Waals surface area contributed by atoms with Crippen LogP contribution in [0.5, 0.6) is 11.5 Å². The van der Waals surface area contributed by atoms with Crippen molar-refractivity contribution in [1.29, 1.82) is 0 Å². The van der Waals surface area contributed by atoms with E-state index in [-0.39, 0.29) is 10.8 Å². The monoisotopic (exact) mass is 706 g/mol. The number of alkyl halides is 2. The normalized spacial score (nSPS) is 11.1. The van der Waals surface area contributed by atoms with Gasteiger partial charge in [-0.3, -0.25) is 9.11 Å². The molecule has 2 aromatic rings. The van der Waals surface area contributed by atoms with Crippen LogP contribution in [-0.4, -0.2) is 33.1 Å². The van der Waals surface area contributed by atoms with Crippen molar-refractivity contribution in [2.24, 2.45) is 16.2 Å². The molecule has 2 aromatic carbocycles. The van der Waals surface area contributed by atoms with E-state index in [4.69, 9.17) is 45.8 Å². The molecule has 0 fully saturated rings. The van der Waals surface area contributed by atoms with Crippen molar-refractivity contribution in [3.63, 3.8) is 0 Å². The molecule has 0 unspecified atom stereocenters. The van der Waals surface area contributed by atoms with E-state index in [0.29, 0.717) is 27.7 Å². The Morgan fingerprint density at radius 1 is 0.717 bits per heavy atom. The first-order chi connectivity index (χ1) is 20.3. The molecule has 4 N–H and O–H groups in total. The van der Waals surface area contributed by atoms with Gasteiger partial charge >= 0.3 is 10.4 Å². The van der Waals surface area contributed by atoms with Gasteiger partial charge in [0.15, 0.2) is 0 Å². The molecule has 46 heavy (non-hydrogen) atoms. The summed E-state index contributed by atoms with van der Waals surface area (Å²) in [4.78, 5) is 0. The Balaban J connectivity index is -0.000000247. The summed E-state index contributed by atoms with van der Waals surface area (Å²) in [5.74, 6) is 0.660. The molecular weight excluding hydrogens is 643 g/mol. The molecule has 0 saturated carbocycles. The zero-order valence-corrected chi connectivity index (χ0v) is 33.2. The molecule has 9 heteroatoms. The third-order valence-corrected chi connectivity index (χ3v) is 4.93. The van der Waals surface area contributed by atoms with Crippen molar-refractivity contribution in [2.75, 3.05) is 5.34 Å². The highest BCUT2D eigenvalue weighted by molar-refractivity contribution is 7.79. The summed E-state index contributed by atoms with van der Waals surface area (Å²) < 4.78 is 31.6. The highest BCUT2D eigenvalue weighted by Gasteiger charge is 2.26. The summed E-state index contributed by atoms with van der Waals surface area (Å²) in [6.07, 6.45) is 4.53. The quantitative estimate of drug-likeness (QED) is 0.143. The zero-order valence-electron chi connectivity index (χ0n) is 30.9. The predicted octanol–water partition coefficient (Wildman–Crippen LogP) is 12.3. The number of benzene rings is 2. The molecule has 2 rings (SSSR count). The third kappa shape index (κ3) is 48.9. The molecular formula is C37H64Cl2O6S. The number of allylic oxidation sites excluding steroid dienone is 3. The van der Waals surface area contributed by atoms with Crippen molar-refractivity contribution in [3.8, 4) is 11.5 Å². The van der Waals surface area contributed by atoms with Gasteiger partial charge < -0.3 is 10.2 Å². The van der Waals surface area contributed by atoms with E-state index in [2.05, 4.69) is 110 Å². The van der Waals surface area contributed by atoms with E-state index in [1.54, 1.807) is 36.4 Å². The van der Waals surface area contributed by atoms with Crippen molar-refractivity contribution >= 4 is 33.6 Å². The van der Waals surface area contributed by atoms with Gasteiger partial charge in [0.05, 0.1) is 5.34 Å². The summed E-state index contributed by atoms with van der Waals surface area (Å²) in [6.45, 7) is 34.8. The van der Waals surface area contributed by atoms with E-state index in [9.17, 15) is 5.11 Å². The largest absolute Gasteiger partial charge is 0.508 e. The second-order valence-corrected chi connectivity index (χ2v) is 17.0. The van der Waals surface area contributed by atoms with Crippen LogP contribution in [0, 0.1) is 16.2 Å². The highest BCUT2D eigenvalue weighted by atomic mass is 35.5. The first kappa shape index (κ1) is 50.8. The summed E-state index contributed by atoms with van der Waals surface area (Å²) in [5, 5.41) is 18.1. The van der Waals surface area contributed by atoms with E-state index in [0.717, 1.165) is 12.8 Å². The molecule has 0 atom stereocenters. The molecule has 0 bridgehead atoms. The Hall–Kier alpha value is -2.03. The van der Waals surface area contributed by atoms with Crippen molar-refractivity contribution in [1.82, 2.24) is 0 Å². The molecule has 0 aliphatic carbocycles. The maximum Gasteiger partial charge on any atom is 0.394 e. The van der Waals surface area contributed by atoms with Gasteiger partial charge in [-0.05, 0) is 85.1 Å². The SMILES string of the molecule is C=C(C)CC(C)(C)C.CC(C)(C)CC(C)(C)c1ccc(O)cc1.CC(C)=CC(C)(C)C.ClCCl.O=S(=O)(O)O.Oc1ccccc1. The van der Waals surface area contributed by atoms with Crippen LogP contribution in [0.15, 0.2) is 78.4 Å². The predicted molar refractivity (Wildman–Crippen MR) is 202 cm³/mol. The topological polar surface area (TPSA) is 115 Å². The van der Waals surface area contributed by atoms with Crippen molar-refractivity contribution in [2.45, 2.75) is 115 Å². The van der Waals surface area contributed by atoms with Gasteiger partial charge in [-0.25, -0.2) is 0 Å². The average molecular weight is 708 g/mol. The number of hydrogen-bond donors (Lipinski definition) is 4. The minimum Gasteiger partial charge on any atom is -0.508 e. The van der Waals surface area contributed by atoms with E-state index >= 15 is 0 Å². The van der Waals surface area contributed by atoms with Crippen molar-refractivity contribution < 1.29 is 27.7 Å². The number of hydrogen-bond acceptors (Lipinski definition) is 4. The van der Waals surface area contributed by atoms with Gasteiger partial charge in [0, 0.05) is 0 Å². The maximum atomic E-state index is 9.25. The Morgan fingerprint density at radius 2 is 1.07 bits per heavy atom. The number of halogens is 2. The van der Waals surface area contributed by atoms with Gasteiger partial charge in [-0.2, -0.15) is 8.42 Å². The van der Waals surface area contributed by atoms with Crippen LogP contribution in [-0.2, 0) is 15.8 Å². The van der Waals surface area contributed by atoms with Gasteiger partial charge in [0.1, 0.15) is 11.5 Å². The van der Waals surface area contributed by atoms with Crippen LogP contribution in [0.4, 0.5) is 0 Å². The summed E-state index contributed by atoms with van der Waals surface area (Å²) in [6, 6.07) is 16.3. The van der Waals surface area contributed by atoms with Gasteiger partial charge in [0.2, 0.25) is 0 Å². The van der Waals surface area contributed by atoms with Crippen LogP contribution in [0.2, 0.25) is 0 Å². The lowest BCUT2D eigenvalue weighted by Crippen LogP contribution is -2.24. The average Bonchev–Trinajstić information content (AvgIpc) is 2.76. The lowest BCUT2D eigenvalue weighted by atomic mass is 9.72. The van der Waals surface area contributed by atoms with Gasteiger partial charge in [-0.1, -0.05) is 124 Å². The van der Waals surface area contributed by atoms with Crippen LogP contribution < -0.4 is 0 Å². The summed E-state index contributed by atoms with van der Waals surface area (Å²) in [5.41, 5.74) is 5.23. The molecule has 0 aromatic heterocycles. The fourth-order valence-corrected chi connectivity index (χ4v) is 4.54. The number of aromatic hydroxyl groups is 2. The van der Waals surface area contributed by atoms with Crippen molar-refractivity contribution in [3.05, 3.63) is 84.0 Å². The van der Waals surface area contributed by atoms with Crippen LogP contribution in [0.3, 0.4) is 0 Å². The smallest absolute Gasteiger partial charge is 0.394 e. The second kappa shape index (κ2) is 24.2. The number of rotatable bonds is 3. The Morgan fingerprint density at radius 3 is 1.24 bits per heavy atom. The minimum absolute atomic E-state index is 0.159. The molecule has 6 nitrogen and oxygen atoms in total. The van der Waals surface area contributed by atoms with E-state index in [1.807, 2.05) is 18.2 Å². The molecule has 0 aliphatic rings. The molecule has 0 radical (unpaired) electrons. The minimum atomic E-state index is -4.67. The standard InChI is InChI=1S/C14H22O.2C8H16.C6H6O.CH2Cl2.H2O4S/c1-13(2,3)10-14(4,5)11-6-8-12(15)9-7-11;2*1-7(2)6-8(3,4)5;7-6-4-2-1-3-5-6;2-1-3;1-5(2,3)4/h6-9,15H,10H2,1-5H3;6H,1-5H3;1,6H2,2-5H3;1-5,7H;1H2;(H2,1,2,3,4). The van der Waals surface area contributed by atoms with Crippen LogP contribution in [0.25, 0.3) is 0 Å². The van der Waals surface area contributed by atoms with Gasteiger partial charge in [0.25, 0.3) is 0 Å².